The average Bonchev–Trinajstić information content (AvgIpc) is 3.07. The maximum Gasteiger partial charge on any atom is 0.315 e. The van der Waals surface area contributed by atoms with E-state index in [1.165, 1.54) is 0 Å². The molecule has 5 nitrogen and oxygen atoms in total. The van der Waals surface area contributed by atoms with E-state index in [-0.39, 0.29) is 12.1 Å². The van der Waals surface area contributed by atoms with Crippen LogP contribution in [-0.4, -0.2) is 34.8 Å². The van der Waals surface area contributed by atoms with E-state index in [1.807, 2.05) is 35.7 Å². The van der Waals surface area contributed by atoms with Gasteiger partial charge in [0, 0.05) is 23.9 Å². The van der Waals surface area contributed by atoms with E-state index in [2.05, 4.69) is 15.6 Å². The summed E-state index contributed by atoms with van der Waals surface area (Å²) in [5.74, 6) is 0. The van der Waals surface area contributed by atoms with Gasteiger partial charge in [-0.25, -0.2) is 9.78 Å². The van der Waals surface area contributed by atoms with Crippen molar-refractivity contribution in [2.45, 2.75) is 44.2 Å². The van der Waals surface area contributed by atoms with E-state index in [0.29, 0.717) is 13.0 Å². The summed E-state index contributed by atoms with van der Waals surface area (Å²) >= 11 is 1.62. The molecular weight excluding hydrogens is 322 g/mol. The number of aliphatic hydroxyl groups excluding tert-OH is 1. The molecule has 24 heavy (non-hydrogen) atoms. The number of carbonyl (C=O) groups is 1. The van der Waals surface area contributed by atoms with Crippen molar-refractivity contribution in [2.75, 3.05) is 6.54 Å². The molecule has 1 aliphatic carbocycles. The molecule has 6 heteroatoms. The maximum atomic E-state index is 11.9. The highest BCUT2D eigenvalue weighted by Crippen LogP contribution is 2.23. The Kier molecular flexibility index (Phi) is 5.82. The van der Waals surface area contributed by atoms with Crippen LogP contribution in [0.4, 0.5) is 4.79 Å². The highest BCUT2D eigenvalue weighted by atomic mass is 32.1. The van der Waals surface area contributed by atoms with Crippen LogP contribution in [0.1, 0.15) is 31.4 Å². The molecule has 0 radical (unpaired) electrons. The van der Waals surface area contributed by atoms with Crippen LogP contribution in [0, 0.1) is 0 Å². The lowest BCUT2D eigenvalue weighted by Crippen LogP contribution is -2.49. The number of aromatic nitrogens is 1. The van der Waals surface area contributed by atoms with Crippen molar-refractivity contribution in [2.24, 2.45) is 0 Å². The first-order chi connectivity index (χ1) is 11.7. The van der Waals surface area contributed by atoms with Gasteiger partial charge in [0.25, 0.3) is 0 Å². The Labute approximate surface area is 146 Å². The molecular formula is C18H23N3O2S. The predicted octanol–water partition coefficient (Wildman–Crippen LogP) is 2.96. The van der Waals surface area contributed by atoms with Gasteiger partial charge in [0.2, 0.25) is 0 Å². The zero-order valence-corrected chi connectivity index (χ0v) is 14.4. The lowest BCUT2D eigenvalue weighted by atomic mass is 9.93. The molecule has 2 unspecified atom stereocenters. The normalized spacial score (nSPS) is 20.5. The summed E-state index contributed by atoms with van der Waals surface area (Å²) in [7, 11) is 0. The Balaban J connectivity index is 1.43. The van der Waals surface area contributed by atoms with Crippen LogP contribution in [0.15, 0.2) is 35.7 Å². The summed E-state index contributed by atoms with van der Waals surface area (Å²) in [5.41, 5.74) is 2.10. The minimum absolute atomic E-state index is 0.122. The lowest BCUT2D eigenvalue weighted by molar-refractivity contribution is 0.0943. The highest BCUT2D eigenvalue weighted by Gasteiger charge is 2.24. The fraction of sp³-hybridized carbons (Fsp3) is 0.444. The number of urea groups is 1. The minimum atomic E-state index is -0.420. The van der Waals surface area contributed by atoms with Gasteiger partial charge in [0.15, 0.2) is 0 Å². The Bertz CT molecular complexity index is 659. The number of rotatable bonds is 5. The largest absolute Gasteiger partial charge is 0.391 e. The van der Waals surface area contributed by atoms with Crippen molar-refractivity contribution in [3.8, 4) is 10.6 Å². The van der Waals surface area contributed by atoms with Crippen LogP contribution in [0.2, 0.25) is 0 Å². The highest BCUT2D eigenvalue weighted by molar-refractivity contribution is 7.13. The van der Waals surface area contributed by atoms with Crippen LogP contribution in [0.5, 0.6) is 0 Å². The Morgan fingerprint density at radius 2 is 2.04 bits per heavy atom. The number of nitrogens with one attached hydrogen (secondary N) is 2. The standard InChI is InChI=1S/C18H23N3O2S/c22-16-9-5-4-8-15(16)21-18(23)19-11-10-14-12-24-17(20-14)13-6-2-1-3-7-13/h1-3,6-7,12,15-16,22H,4-5,8-11H2,(H2,19,21,23). The molecule has 1 fully saturated rings. The summed E-state index contributed by atoms with van der Waals surface area (Å²) in [5, 5.41) is 18.6. The van der Waals surface area contributed by atoms with Gasteiger partial charge in [0.05, 0.1) is 17.8 Å². The molecule has 128 valence electrons. The predicted molar refractivity (Wildman–Crippen MR) is 96.1 cm³/mol. The number of benzene rings is 1. The van der Waals surface area contributed by atoms with E-state index in [9.17, 15) is 9.90 Å². The Morgan fingerprint density at radius 3 is 2.83 bits per heavy atom. The zero-order chi connectivity index (χ0) is 16.8. The van der Waals surface area contributed by atoms with E-state index in [1.54, 1.807) is 11.3 Å². The van der Waals surface area contributed by atoms with Crippen molar-refractivity contribution >= 4 is 17.4 Å². The average molecular weight is 345 g/mol. The van der Waals surface area contributed by atoms with Crippen LogP contribution in [-0.2, 0) is 6.42 Å². The number of aliphatic hydroxyl groups is 1. The van der Waals surface area contributed by atoms with E-state index in [4.69, 9.17) is 0 Å². The number of hydrogen-bond donors (Lipinski definition) is 3. The van der Waals surface area contributed by atoms with Gasteiger partial charge in [0.1, 0.15) is 5.01 Å². The molecule has 2 aromatic rings. The van der Waals surface area contributed by atoms with Gasteiger partial charge in [-0.2, -0.15) is 0 Å². The Morgan fingerprint density at radius 1 is 1.25 bits per heavy atom. The summed E-state index contributed by atoms with van der Waals surface area (Å²) in [6.45, 7) is 0.534. The molecule has 3 N–H and O–H groups in total. The summed E-state index contributed by atoms with van der Waals surface area (Å²) in [6, 6.07) is 9.75. The Hall–Kier alpha value is -1.92. The first-order valence-corrected chi connectivity index (χ1v) is 9.32. The summed E-state index contributed by atoms with van der Waals surface area (Å²) in [4.78, 5) is 16.5. The van der Waals surface area contributed by atoms with E-state index >= 15 is 0 Å². The van der Waals surface area contributed by atoms with Gasteiger partial charge in [-0.1, -0.05) is 43.2 Å². The first-order valence-electron chi connectivity index (χ1n) is 8.44. The summed E-state index contributed by atoms with van der Waals surface area (Å²) < 4.78 is 0. The van der Waals surface area contributed by atoms with Gasteiger partial charge < -0.3 is 15.7 Å². The SMILES string of the molecule is O=C(NCCc1csc(-c2ccccc2)n1)NC1CCCCC1O. The van der Waals surface area contributed by atoms with Crippen molar-refractivity contribution in [1.29, 1.82) is 0 Å². The number of amides is 2. The van der Waals surface area contributed by atoms with Crippen LogP contribution < -0.4 is 10.6 Å². The smallest absolute Gasteiger partial charge is 0.315 e. The van der Waals surface area contributed by atoms with Crippen LogP contribution in [0.3, 0.4) is 0 Å². The molecule has 0 saturated heterocycles. The number of carbonyl (C=O) groups excluding carboxylic acids is 1. The third-order valence-electron chi connectivity index (χ3n) is 4.29. The topological polar surface area (TPSA) is 74.2 Å². The zero-order valence-electron chi connectivity index (χ0n) is 13.6. The second-order valence-electron chi connectivity index (χ2n) is 6.12. The fourth-order valence-corrected chi connectivity index (χ4v) is 3.80. The molecule has 0 aliphatic heterocycles. The molecule has 1 aromatic carbocycles. The van der Waals surface area contributed by atoms with Crippen LogP contribution in [0.25, 0.3) is 10.6 Å². The first kappa shape index (κ1) is 16.9. The molecule has 1 saturated carbocycles. The molecule has 0 spiro atoms. The number of nitrogens with zero attached hydrogens (tertiary/aromatic N) is 1. The van der Waals surface area contributed by atoms with Gasteiger partial charge in [-0.05, 0) is 12.8 Å². The van der Waals surface area contributed by atoms with Crippen molar-refractivity contribution in [3.63, 3.8) is 0 Å². The molecule has 1 heterocycles. The second kappa shape index (κ2) is 8.26. The second-order valence-corrected chi connectivity index (χ2v) is 6.98. The van der Waals surface area contributed by atoms with Gasteiger partial charge >= 0.3 is 6.03 Å². The monoisotopic (exact) mass is 345 g/mol. The van der Waals surface area contributed by atoms with Crippen LogP contribution >= 0.6 is 11.3 Å². The fourth-order valence-electron chi connectivity index (χ4n) is 2.94. The third-order valence-corrected chi connectivity index (χ3v) is 5.23. The maximum absolute atomic E-state index is 11.9. The van der Waals surface area contributed by atoms with E-state index in [0.717, 1.165) is 41.9 Å². The lowest BCUT2D eigenvalue weighted by Gasteiger charge is -2.28. The molecule has 0 bridgehead atoms. The van der Waals surface area contributed by atoms with Gasteiger partial charge in [-0.15, -0.1) is 11.3 Å². The van der Waals surface area contributed by atoms with Crippen molar-refractivity contribution in [3.05, 3.63) is 41.4 Å². The quantitative estimate of drug-likeness (QED) is 0.780. The number of thiazole rings is 1. The number of hydrogen-bond acceptors (Lipinski definition) is 4. The summed E-state index contributed by atoms with van der Waals surface area (Å²) in [6.07, 6.45) is 3.99. The minimum Gasteiger partial charge on any atom is -0.391 e. The molecule has 1 aromatic heterocycles. The molecule has 2 amide bonds. The molecule has 3 rings (SSSR count). The molecule has 1 aliphatic rings. The van der Waals surface area contributed by atoms with Crippen molar-refractivity contribution < 1.29 is 9.90 Å². The van der Waals surface area contributed by atoms with Crippen molar-refractivity contribution in [1.82, 2.24) is 15.6 Å². The van der Waals surface area contributed by atoms with E-state index < -0.39 is 6.10 Å². The molecule has 2 atom stereocenters. The third kappa shape index (κ3) is 4.55. The van der Waals surface area contributed by atoms with Gasteiger partial charge in [-0.3, -0.25) is 0 Å².